The molecular weight excluding hydrogens is 312 g/mol. The molecule has 3 nitrogen and oxygen atoms in total. The molecule has 0 bridgehead atoms. The molecule has 3 fully saturated rings. The van der Waals surface area contributed by atoms with Crippen molar-refractivity contribution in [2.24, 2.45) is 28.6 Å². The number of fused-ring (bicyclic) bond motifs is 6. The van der Waals surface area contributed by atoms with Crippen LogP contribution in [0.25, 0.3) is 0 Å². The van der Waals surface area contributed by atoms with Crippen LogP contribution in [0.4, 0.5) is 0 Å². The summed E-state index contributed by atoms with van der Waals surface area (Å²) in [6.45, 7) is 4.78. The Kier molecular flexibility index (Phi) is 3.08. The van der Waals surface area contributed by atoms with Crippen molar-refractivity contribution in [3.8, 4) is 0 Å². The van der Waals surface area contributed by atoms with E-state index in [4.69, 9.17) is 4.74 Å². The zero-order valence-corrected chi connectivity index (χ0v) is 15.3. The van der Waals surface area contributed by atoms with Gasteiger partial charge in [0, 0.05) is 18.3 Å². The fourth-order valence-electron chi connectivity index (χ4n) is 7.29. The van der Waals surface area contributed by atoms with Gasteiger partial charge >= 0.3 is 5.97 Å². The van der Waals surface area contributed by atoms with Crippen molar-refractivity contribution in [3.05, 3.63) is 23.8 Å². The number of ketones is 1. The van der Waals surface area contributed by atoms with E-state index < -0.39 is 0 Å². The highest BCUT2D eigenvalue weighted by Crippen LogP contribution is 2.68. The zero-order valence-electron chi connectivity index (χ0n) is 15.3. The Hall–Kier alpha value is -1.38. The van der Waals surface area contributed by atoms with Crippen LogP contribution >= 0.6 is 0 Å². The van der Waals surface area contributed by atoms with Gasteiger partial charge in [-0.2, -0.15) is 0 Å². The van der Waals surface area contributed by atoms with Crippen molar-refractivity contribution >= 4 is 11.8 Å². The minimum absolute atomic E-state index is 0.00570. The largest absolute Gasteiger partial charge is 0.458 e. The molecule has 0 amide bonds. The standard InChI is InChI=1S/C22H28O3/c1-20-9-5-15(23)13-14(20)3-4-16-17(20)6-10-21(2)18(16)7-11-22(21)12-8-19(24)25-22/h3-4,13,16-18H,5-12H2,1-2H3/t16?,17?,18?,20-,21-,22+/m1/s1. The van der Waals surface area contributed by atoms with Gasteiger partial charge in [0.1, 0.15) is 5.60 Å². The number of allylic oxidation sites excluding steroid dienone is 4. The van der Waals surface area contributed by atoms with Crippen molar-refractivity contribution in [2.45, 2.75) is 70.8 Å². The predicted molar refractivity (Wildman–Crippen MR) is 94.7 cm³/mol. The third kappa shape index (κ3) is 1.88. The lowest BCUT2D eigenvalue weighted by Crippen LogP contribution is -2.53. The maximum atomic E-state index is 11.9. The Morgan fingerprint density at radius 2 is 1.80 bits per heavy atom. The maximum Gasteiger partial charge on any atom is 0.306 e. The molecule has 2 saturated carbocycles. The van der Waals surface area contributed by atoms with Crippen LogP contribution in [0.5, 0.6) is 0 Å². The molecule has 25 heavy (non-hydrogen) atoms. The van der Waals surface area contributed by atoms with E-state index in [1.807, 2.05) is 6.08 Å². The van der Waals surface area contributed by atoms with Gasteiger partial charge in [-0.3, -0.25) is 9.59 Å². The number of hydrogen-bond acceptors (Lipinski definition) is 3. The Bertz CT molecular complexity index is 719. The average molecular weight is 340 g/mol. The highest BCUT2D eigenvalue weighted by atomic mass is 16.6. The van der Waals surface area contributed by atoms with Crippen molar-refractivity contribution in [1.82, 2.24) is 0 Å². The number of ether oxygens (including phenoxy) is 1. The summed E-state index contributed by atoms with van der Waals surface area (Å²) in [5, 5.41) is 0. The molecule has 6 atom stereocenters. The molecule has 5 aliphatic rings. The molecule has 3 heteroatoms. The molecule has 4 aliphatic carbocycles. The van der Waals surface area contributed by atoms with Gasteiger partial charge in [-0.1, -0.05) is 26.0 Å². The van der Waals surface area contributed by atoms with Crippen molar-refractivity contribution < 1.29 is 14.3 Å². The van der Waals surface area contributed by atoms with Crippen LogP contribution in [-0.2, 0) is 14.3 Å². The Morgan fingerprint density at radius 1 is 1.00 bits per heavy atom. The van der Waals surface area contributed by atoms with E-state index in [9.17, 15) is 9.59 Å². The minimum atomic E-state index is -0.201. The second kappa shape index (κ2) is 4.86. The van der Waals surface area contributed by atoms with Crippen LogP contribution < -0.4 is 0 Å². The second-order valence-electron chi connectivity index (χ2n) is 9.60. The van der Waals surface area contributed by atoms with Gasteiger partial charge in [-0.25, -0.2) is 0 Å². The minimum Gasteiger partial charge on any atom is -0.458 e. The van der Waals surface area contributed by atoms with E-state index in [-0.39, 0.29) is 28.2 Å². The van der Waals surface area contributed by atoms with Gasteiger partial charge in [-0.05, 0) is 73.3 Å². The first-order chi connectivity index (χ1) is 11.9. The van der Waals surface area contributed by atoms with Gasteiger partial charge in [0.15, 0.2) is 5.78 Å². The number of rotatable bonds is 0. The molecule has 0 N–H and O–H groups in total. The molecule has 0 aromatic heterocycles. The van der Waals surface area contributed by atoms with Crippen LogP contribution in [0, 0.1) is 28.6 Å². The summed E-state index contributed by atoms with van der Waals surface area (Å²) < 4.78 is 5.99. The average Bonchev–Trinajstić information content (AvgIpc) is 3.10. The van der Waals surface area contributed by atoms with E-state index in [0.29, 0.717) is 30.6 Å². The third-order valence-corrected chi connectivity index (χ3v) is 8.85. The van der Waals surface area contributed by atoms with E-state index in [1.165, 1.54) is 18.4 Å². The van der Waals surface area contributed by atoms with Crippen molar-refractivity contribution in [3.63, 3.8) is 0 Å². The van der Waals surface area contributed by atoms with Crippen LogP contribution in [0.15, 0.2) is 23.8 Å². The molecule has 0 radical (unpaired) electrons. The first-order valence-corrected chi connectivity index (χ1v) is 10.0. The summed E-state index contributed by atoms with van der Waals surface area (Å²) in [4.78, 5) is 23.8. The quantitative estimate of drug-likeness (QED) is 0.615. The highest BCUT2D eigenvalue weighted by Gasteiger charge is 2.66. The van der Waals surface area contributed by atoms with Crippen LogP contribution in [-0.4, -0.2) is 17.4 Å². The van der Waals surface area contributed by atoms with E-state index in [1.54, 1.807) is 0 Å². The predicted octanol–water partition coefficient (Wildman–Crippen LogP) is 4.37. The Morgan fingerprint density at radius 3 is 2.56 bits per heavy atom. The van der Waals surface area contributed by atoms with E-state index in [2.05, 4.69) is 26.0 Å². The molecule has 1 spiro atoms. The summed E-state index contributed by atoms with van der Waals surface area (Å²) in [5.41, 5.74) is 1.32. The number of hydrogen-bond donors (Lipinski definition) is 0. The molecule has 3 unspecified atom stereocenters. The van der Waals surface area contributed by atoms with Gasteiger partial charge in [0.25, 0.3) is 0 Å². The fourth-order valence-corrected chi connectivity index (χ4v) is 7.29. The normalized spacial score (nSPS) is 51.0. The first kappa shape index (κ1) is 15.8. The van der Waals surface area contributed by atoms with Gasteiger partial charge in [0.05, 0.1) is 0 Å². The number of carbonyl (C=O) groups excluding carboxylic acids is 2. The van der Waals surface area contributed by atoms with Crippen molar-refractivity contribution in [2.75, 3.05) is 0 Å². The van der Waals surface area contributed by atoms with E-state index in [0.717, 1.165) is 25.7 Å². The lowest BCUT2D eigenvalue weighted by molar-refractivity contribution is -0.165. The summed E-state index contributed by atoms with van der Waals surface area (Å²) in [7, 11) is 0. The second-order valence-corrected chi connectivity index (χ2v) is 9.60. The molecule has 0 aromatic carbocycles. The smallest absolute Gasteiger partial charge is 0.306 e. The van der Waals surface area contributed by atoms with E-state index >= 15 is 0 Å². The van der Waals surface area contributed by atoms with Gasteiger partial charge in [0.2, 0.25) is 0 Å². The topological polar surface area (TPSA) is 43.4 Å². The van der Waals surface area contributed by atoms with Crippen LogP contribution in [0.3, 0.4) is 0 Å². The highest BCUT2D eigenvalue weighted by molar-refractivity contribution is 5.92. The van der Waals surface area contributed by atoms with Crippen LogP contribution in [0.2, 0.25) is 0 Å². The lowest BCUT2D eigenvalue weighted by Gasteiger charge is -2.57. The van der Waals surface area contributed by atoms with Gasteiger partial charge in [-0.15, -0.1) is 0 Å². The first-order valence-electron chi connectivity index (χ1n) is 10.0. The van der Waals surface area contributed by atoms with Crippen molar-refractivity contribution in [1.29, 1.82) is 0 Å². The zero-order chi connectivity index (χ0) is 17.4. The third-order valence-electron chi connectivity index (χ3n) is 8.85. The Labute approximate surface area is 149 Å². The van der Waals surface area contributed by atoms with Gasteiger partial charge < -0.3 is 4.74 Å². The molecule has 1 aliphatic heterocycles. The molecule has 0 aromatic rings. The summed E-state index contributed by atoms with van der Waals surface area (Å²) in [6, 6.07) is 0. The molecular formula is C22H28O3. The summed E-state index contributed by atoms with van der Waals surface area (Å²) in [6.07, 6.45) is 14.3. The lowest BCUT2D eigenvalue weighted by atomic mass is 9.48. The monoisotopic (exact) mass is 340 g/mol. The number of esters is 1. The van der Waals surface area contributed by atoms with Crippen LogP contribution in [0.1, 0.15) is 65.2 Å². The Balaban J connectivity index is 1.53. The SMILES string of the molecule is C[C@@]12CCC(=O)C=C1C=CC1C2CC[C@]2(C)C1CC[C@]21CCC(=O)O1. The number of carbonyl (C=O) groups is 2. The summed E-state index contributed by atoms with van der Waals surface area (Å²) in [5.74, 6) is 2.08. The molecule has 1 heterocycles. The molecule has 134 valence electrons. The fraction of sp³-hybridized carbons (Fsp3) is 0.727. The maximum absolute atomic E-state index is 11.9. The molecule has 1 saturated heterocycles. The summed E-state index contributed by atoms with van der Waals surface area (Å²) >= 11 is 0. The molecule has 5 rings (SSSR count).